The van der Waals surface area contributed by atoms with Gasteiger partial charge in [-0.05, 0) is 13.8 Å². The molecule has 1 N–H and O–H groups in total. The summed E-state index contributed by atoms with van der Waals surface area (Å²) in [6, 6.07) is 0. The summed E-state index contributed by atoms with van der Waals surface area (Å²) in [5.74, 6) is -0.845. The highest BCUT2D eigenvalue weighted by Crippen LogP contribution is 2.12. The number of carboxylic acid groups (broad SMARTS) is 1. The lowest BCUT2D eigenvalue weighted by Gasteiger charge is -1.95. The monoisotopic (exact) mass is 274 g/mol. The van der Waals surface area contributed by atoms with E-state index >= 15 is 0 Å². The van der Waals surface area contributed by atoms with Gasteiger partial charge in [0, 0.05) is 5.57 Å². The van der Waals surface area contributed by atoms with Gasteiger partial charge in [0.25, 0.3) is 0 Å². The van der Waals surface area contributed by atoms with E-state index in [-0.39, 0.29) is 0 Å². The molecule has 0 aromatic rings. The van der Waals surface area contributed by atoms with E-state index in [0.29, 0.717) is 17.8 Å². The molecule has 0 bridgehead atoms. The maximum atomic E-state index is 9.86. The average molecular weight is 274 g/mol. The first-order valence-corrected chi connectivity index (χ1v) is 6.72. The van der Waals surface area contributed by atoms with Gasteiger partial charge in [0.15, 0.2) is 0 Å². The highest BCUT2D eigenvalue weighted by atomic mass is 16.6. The van der Waals surface area contributed by atoms with E-state index in [4.69, 9.17) is 19.3 Å². The predicted octanol–water partition coefficient (Wildman–Crippen LogP) is 2.25. The molecule has 2 aliphatic heterocycles. The number of carboxylic acids is 1. The zero-order chi connectivity index (χ0) is 14.7. The fourth-order valence-corrected chi connectivity index (χ4v) is 0.783. The number of epoxide rings is 2. The number of hydrogen-bond acceptors (Lipinski definition) is 4. The molecule has 0 aliphatic carbocycles. The zero-order valence-electron chi connectivity index (χ0n) is 12.3. The van der Waals surface area contributed by atoms with Crippen molar-refractivity contribution < 1.29 is 24.1 Å². The SMILES string of the molecule is C(OCC1CO1)C1CO1.CC=C(C)C(=O)O.CCC. The first-order chi connectivity index (χ1) is 9.04. The smallest absolute Gasteiger partial charge is 0.330 e. The van der Waals surface area contributed by atoms with Crippen LogP contribution in [0.3, 0.4) is 0 Å². The van der Waals surface area contributed by atoms with Crippen LogP contribution in [0.4, 0.5) is 0 Å². The second kappa shape index (κ2) is 11.0. The Morgan fingerprint density at radius 2 is 1.63 bits per heavy atom. The lowest BCUT2D eigenvalue weighted by molar-refractivity contribution is -0.132. The number of hydrogen-bond donors (Lipinski definition) is 1. The van der Waals surface area contributed by atoms with Gasteiger partial charge in [-0.25, -0.2) is 4.79 Å². The highest BCUT2D eigenvalue weighted by molar-refractivity contribution is 5.85. The lowest BCUT2D eigenvalue weighted by Crippen LogP contribution is -2.06. The fraction of sp³-hybridized carbons (Fsp3) is 0.786. The molecule has 5 nitrogen and oxygen atoms in total. The standard InChI is InChI=1S/C6H10O3.C5H8O2.C3H8/c1(5-3-8-5)7-2-6-4-9-6;1-3-4(2)5(6)7;1-3-2/h5-6H,1-4H2;3H,1-2H3,(H,6,7);3H2,1-2H3. The van der Waals surface area contributed by atoms with Crippen molar-refractivity contribution in [3.8, 4) is 0 Å². The molecule has 0 aromatic carbocycles. The molecule has 112 valence electrons. The van der Waals surface area contributed by atoms with Gasteiger partial charge in [-0.2, -0.15) is 0 Å². The molecule has 2 rings (SSSR count). The Kier molecular flexibility index (Phi) is 10.4. The Hall–Kier alpha value is -0.910. The van der Waals surface area contributed by atoms with Crippen LogP contribution in [0.2, 0.25) is 0 Å². The van der Waals surface area contributed by atoms with Crippen LogP contribution in [0.1, 0.15) is 34.1 Å². The third-order valence-corrected chi connectivity index (χ3v) is 2.18. The van der Waals surface area contributed by atoms with Gasteiger partial charge in [0.05, 0.1) is 26.4 Å². The summed E-state index contributed by atoms with van der Waals surface area (Å²) in [4.78, 5) is 9.86. The summed E-state index contributed by atoms with van der Waals surface area (Å²) in [5, 5.41) is 8.11. The Balaban J connectivity index is 0.000000292. The van der Waals surface area contributed by atoms with E-state index < -0.39 is 5.97 Å². The topological polar surface area (TPSA) is 71.6 Å². The van der Waals surface area contributed by atoms with Gasteiger partial charge in [0.2, 0.25) is 0 Å². The number of ether oxygens (including phenoxy) is 3. The molecule has 2 unspecified atom stereocenters. The van der Waals surface area contributed by atoms with Crippen molar-refractivity contribution in [1.29, 1.82) is 0 Å². The van der Waals surface area contributed by atoms with Crippen molar-refractivity contribution in [2.24, 2.45) is 0 Å². The molecule has 0 saturated carbocycles. The van der Waals surface area contributed by atoms with Crippen molar-refractivity contribution in [3.05, 3.63) is 11.6 Å². The third kappa shape index (κ3) is 13.3. The van der Waals surface area contributed by atoms with Gasteiger partial charge in [-0.15, -0.1) is 0 Å². The van der Waals surface area contributed by atoms with Crippen molar-refractivity contribution >= 4 is 5.97 Å². The maximum Gasteiger partial charge on any atom is 0.330 e. The van der Waals surface area contributed by atoms with Gasteiger partial charge in [-0.3, -0.25) is 0 Å². The molecule has 0 aromatic heterocycles. The minimum atomic E-state index is -0.845. The summed E-state index contributed by atoms with van der Waals surface area (Å²) in [6.07, 6.45) is 3.59. The minimum absolute atomic E-state index is 0.389. The van der Waals surface area contributed by atoms with Crippen molar-refractivity contribution in [1.82, 2.24) is 0 Å². The Morgan fingerprint density at radius 3 is 1.79 bits per heavy atom. The summed E-state index contributed by atoms with van der Waals surface area (Å²) >= 11 is 0. The van der Waals surface area contributed by atoms with Crippen LogP contribution in [0, 0.1) is 0 Å². The summed E-state index contributed by atoms with van der Waals surface area (Å²) < 4.78 is 15.1. The average Bonchev–Trinajstić information content (AvgIpc) is 3.24. The van der Waals surface area contributed by atoms with Gasteiger partial charge in [-0.1, -0.05) is 26.3 Å². The van der Waals surface area contributed by atoms with Crippen molar-refractivity contribution in [2.75, 3.05) is 26.4 Å². The van der Waals surface area contributed by atoms with E-state index in [2.05, 4.69) is 13.8 Å². The van der Waals surface area contributed by atoms with Crippen LogP contribution in [-0.4, -0.2) is 49.7 Å². The van der Waals surface area contributed by atoms with E-state index in [1.165, 1.54) is 6.42 Å². The Bertz CT molecular complexity index is 255. The summed E-state index contributed by atoms with van der Waals surface area (Å²) in [7, 11) is 0. The minimum Gasteiger partial charge on any atom is -0.478 e. The quantitative estimate of drug-likeness (QED) is 0.615. The molecular weight excluding hydrogens is 248 g/mol. The van der Waals surface area contributed by atoms with Gasteiger partial charge in [0.1, 0.15) is 12.2 Å². The molecule has 5 heteroatoms. The Labute approximate surface area is 115 Å². The third-order valence-electron chi connectivity index (χ3n) is 2.18. The van der Waals surface area contributed by atoms with Gasteiger partial charge < -0.3 is 19.3 Å². The molecule has 2 heterocycles. The van der Waals surface area contributed by atoms with E-state index in [0.717, 1.165) is 26.4 Å². The Morgan fingerprint density at radius 1 is 1.26 bits per heavy atom. The van der Waals surface area contributed by atoms with Crippen LogP contribution >= 0.6 is 0 Å². The van der Waals surface area contributed by atoms with E-state index in [1.54, 1.807) is 19.9 Å². The normalized spacial score (nSPS) is 23.5. The lowest BCUT2D eigenvalue weighted by atomic mass is 10.3. The van der Waals surface area contributed by atoms with Crippen LogP contribution in [0.25, 0.3) is 0 Å². The first kappa shape index (κ1) is 18.1. The second-order valence-corrected chi connectivity index (χ2v) is 4.43. The van der Waals surface area contributed by atoms with Gasteiger partial charge >= 0.3 is 5.97 Å². The summed E-state index contributed by atoms with van der Waals surface area (Å²) in [5.41, 5.74) is 0.389. The van der Waals surface area contributed by atoms with Crippen LogP contribution in [-0.2, 0) is 19.0 Å². The first-order valence-electron chi connectivity index (χ1n) is 6.72. The molecule has 2 aliphatic rings. The number of allylic oxidation sites excluding steroid dienone is 1. The molecule has 2 atom stereocenters. The molecule has 0 spiro atoms. The fourth-order valence-electron chi connectivity index (χ4n) is 0.783. The summed E-state index contributed by atoms with van der Waals surface area (Å²) in [6.45, 7) is 10.8. The van der Waals surface area contributed by atoms with Crippen LogP contribution in [0.15, 0.2) is 11.6 Å². The van der Waals surface area contributed by atoms with Crippen LogP contribution < -0.4 is 0 Å². The molecular formula is C14H26O5. The van der Waals surface area contributed by atoms with E-state index in [9.17, 15) is 4.79 Å². The zero-order valence-corrected chi connectivity index (χ0v) is 12.3. The number of rotatable bonds is 5. The van der Waals surface area contributed by atoms with E-state index in [1.807, 2.05) is 0 Å². The van der Waals surface area contributed by atoms with Crippen molar-refractivity contribution in [3.63, 3.8) is 0 Å². The molecule has 2 saturated heterocycles. The molecule has 0 amide bonds. The number of aliphatic carboxylic acids is 1. The maximum absolute atomic E-state index is 9.86. The molecule has 0 radical (unpaired) electrons. The van der Waals surface area contributed by atoms with Crippen molar-refractivity contribution in [2.45, 2.75) is 46.3 Å². The predicted molar refractivity (Wildman–Crippen MR) is 73.3 cm³/mol. The second-order valence-electron chi connectivity index (χ2n) is 4.43. The largest absolute Gasteiger partial charge is 0.478 e. The highest BCUT2D eigenvalue weighted by Gasteiger charge is 2.26. The molecule has 19 heavy (non-hydrogen) atoms. The molecule has 2 fully saturated rings. The van der Waals surface area contributed by atoms with Crippen LogP contribution in [0.5, 0.6) is 0 Å². The number of carbonyl (C=O) groups is 1.